The van der Waals surface area contributed by atoms with Gasteiger partial charge in [0.15, 0.2) is 0 Å². The molecule has 0 atom stereocenters. The third-order valence-corrected chi connectivity index (χ3v) is 2.24. The van der Waals surface area contributed by atoms with Crippen LogP contribution in [0.5, 0.6) is 0 Å². The lowest BCUT2D eigenvalue weighted by Crippen LogP contribution is -2.23. The summed E-state index contributed by atoms with van der Waals surface area (Å²) in [6.45, 7) is 3.14. The van der Waals surface area contributed by atoms with E-state index in [9.17, 15) is 8.42 Å². The van der Waals surface area contributed by atoms with Crippen LogP contribution >= 0.6 is 0 Å². The number of hydrogen-bond acceptors (Lipinski definition) is 4. The molecule has 0 radical (unpaired) electrons. The van der Waals surface area contributed by atoms with Gasteiger partial charge in [-0.3, -0.25) is 4.18 Å². The second-order valence-corrected chi connectivity index (χ2v) is 3.64. The Morgan fingerprint density at radius 3 is 2.50 bits per heavy atom. The van der Waals surface area contributed by atoms with Gasteiger partial charge in [-0.2, -0.15) is 8.42 Å². The van der Waals surface area contributed by atoms with Gasteiger partial charge in [0.05, 0.1) is 12.9 Å². The van der Waals surface area contributed by atoms with Gasteiger partial charge in [-0.15, -0.1) is 0 Å². The van der Waals surface area contributed by atoms with Crippen molar-refractivity contribution in [2.45, 2.75) is 6.92 Å². The van der Waals surface area contributed by atoms with Crippen LogP contribution in [-0.2, 0) is 14.3 Å². The quantitative estimate of drug-likeness (QED) is 0.446. The van der Waals surface area contributed by atoms with Crippen molar-refractivity contribution in [3.63, 3.8) is 0 Å². The van der Waals surface area contributed by atoms with E-state index in [2.05, 4.69) is 9.50 Å². The fraction of sp³-hybridized carbons (Fsp3) is 1.00. The fourth-order valence-electron chi connectivity index (χ4n) is 0.457. The smallest absolute Gasteiger partial charge is 0.268 e. The largest absolute Gasteiger partial charge is 0.316 e. The van der Waals surface area contributed by atoms with Crippen LogP contribution in [0.25, 0.3) is 0 Å². The van der Waals surface area contributed by atoms with Crippen molar-refractivity contribution in [3.05, 3.63) is 0 Å². The fourth-order valence-corrected chi connectivity index (χ4v) is 1.02. The van der Waals surface area contributed by atoms with Crippen LogP contribution in [0.3, 0.4) is 0 Å². The highest BCUT2D eigenvalue weighted by molar-refractivity contribution is 7.86. The molecule has 0 amide bonds. The summed E-state index contributed by atoms with van der Waals surface area (Å²) in [5.41, 5.74) is 0. The number of hydrogen-bond donors (Lipinski definition) is 1. The van der Waals surface area contributed by atoms with E-state index in [0.29, 0.717) is 6.54 Å². The number of rotatable bonds is 5. The van der Waals surface area contributed by atoms with E-state index >= 15 is 0 Å². The lowest BCUT2D eigenvalue weighted by molar-refractivity contribution is 0.397. The monoisotopic (exact) mass is 167 g/mol. The Bertz CT molecular complexity index is 164. The molecule has 0 aliphatic carbocycles. The molecule has 0 fully saturated rings. The zero-order chi connectivity index (χ0) is 8.04. The van der Waals surface area contributed by atoms with Gasteiger partial charge in [-0.1, -0.05) is 6.92 Å². The Labute approximate surface area is 61.7 Å². The van der Waals surface area contributed by atoms with E-state index in [4.69, 9.17) is 0 Å². The molecule has 0 aromatic heterocycles. The van der Waals surface area contributed by atoms with Gasteiger partial charge in [0.2, 0.25) is 0 Å². The molecule has 0 bridgehead atoms. The highest BCUT2D eigenvalue weighted by Gasteiger charge is 2.05. The van der Waals surface area contributed by atoms with Gasteiger partial charge in [0.1, 0.15) is 0 Å². The van der Waals surface area contributed by atoms with Crippen LogP contribution in [0.15, 0.2) is 0 Å². The topological polar surface area (TPSA) is 55.4 Å². The van der Waals surface area contributed by atoms with Crippen LogP contribution in [0.4, 0.5) is 0 Å². The van der Waals surface area contributed by atoms with Crippen molar-refractivity contribution >= 4 is 10.1 Å². The van der Waals surface area contributed by atoms with Gasteiger partial charge in [-0.05, 0) is 6.54 Å². The van der Waals surface area contributed by atoms with E-state index < -0.39 is 10.1 Å². The average Bonchev–Trinajstić information content (AvgIpc) is 1.89. The Morgan fingerprint density at radius 2 is 2.10 bits per heavy atom. The molecule has 5 heteroatoms. The SMILES string of the molecule is CCNCCS(=O)(=O)OC. The molecule has 0 saturated heterocycles. The zero-order valence-corrected chi connectivity index (χ0v) is 7.07. The van der Waals surface area contributed by atoms with Crippen molar-refractivity contribution in [1.82, 2.24) is 5.32 Å². The van der Waals surface area contributed by atoms with E-state index in [-0.39, 0.29) is 5.75 Å². The molecule has 0 aliphatic rings. The molecule has 0 unspecified atom stereocenters. The van der Waals surface area contributed by atoms with E-state index in [0.717, 1.165) is 6.54 Å². The highest BCUT2D eigenvalue weighted by Crippen LogP contribution is 1.86. The Balaban J connectivity index is 3.49. The maximum atomic E-state index is 10.6. The van der Waals surface area contributed by atoms with Gasteiger partial charge in [-0.25, -0.2) is 0 Å². The average molecular weight is 167 g/mol. The first-order valence-electron chi connectivity index (χ1n) is 3.11. The Morgan fingerprint density at radius 1 is 1.50 bits per heavy atom. The normalized spacial score (nSPS) is 11.8. The zero-order valence-electron chi connectivity index (χ0n) is 6.25. The van der Waals surface area contributed by atoms with Gasteiger partial charge in [0, 0.05) is 6.54 Å². The molecule has 4 nitrogen and oxygen atoms in total. The lowest BCUT2D eigenvalue weighted by atomic mass is 10.7. The molecular weight excluding hydrogens is 154 g/mol. The molecule has 62 valence electrons. The third kappa shape index (κ3) is 4.72. The van der Waals surface area contributed by atoms with Gasteiger partial charge < -0.3 is 5.32 Å². The Hall–Kier alpha value is -0.130. The van der Waals surface area contributed by atoms with Crippen LogP contribution in [-0.4, -0.2) is 34.4 Å². The first-order chi connectivity index (χ1) is 4.62. The molecule has 0 rings (SSSR count). The van der Waals surface area contributed by atoms with Crippen molar-refractivity contribution in [2.75, 3.05) is 26.0 Å². The molecule has 10 heavy (non-hydrogen) atoms. The summed E-state index contributed by atoms with van der Waals surface area (Å²) in [5, 5.41) is 2.88. The maximum Gasteiger partial charge on any atom is 0.268 e. The van der Waals surface area contributed by atoms with Gasteiger partial charge in [0.25, 0.3) is 10.1 Å². The first kappa shape index (κ1) is 9.87. The lowest BCUT2D eigenvalue weighted by Gasteiger charge is -2.00. The minimum Gasteiger partial charge on any atom is -0.316 e. The molecule has 0 saturated carbocycles. The molecule has 0 heterocycles. The van der Waals surface area contributed by atoms with E-state index in [1.165, 1.54) is 7.11 Å². The number of nitrogens with one attached hydrogen (secondary N) is 1. The van der Waals surface area contributed by atoms with Crippen molar-refractivity contribution in [1.29, 1.82) is 0 Å². The third-order valence-electron chi connectivity index (χ3n) is 1.03. The summed E-state index contributed by atoms with van der Waals surface area (Å²) >= 11 is 0. The van der Waals surface area contributed by atoms with Crippen LogP contribution < -0.4 is 5.32 Å². The van der Waals surface area contributed by atoms with Crippen LogP contribution in [0, 0.1) is 0 Å². The molecule has 0 aromatic rings. The molecular formula is C5H13NO3S. The van der Waals surface area contributed by atoms with E-state index in [1.54, 1.807) is 0 Å². The second kappa shape index (κ2) is 4.65. The van der Waals surface area contributed by atoms with Crippen molar-refractivity contribution in [3.8, 4) is 0 Å². The summed E-state index contributed by atoms with van der Waals surface area (Å²) in [7, 11) is -2.09. The highest BCUT2D eigenvalue weighted by atomic mass is 32.2. The van der Waals surface area contributed by atoms with Crippen molar-refractivity contribution < 1.29 is 12.6 Å². The summed E-state index contributed by atoms with van der Waals surface area (Å²) in [6, 6.07) is 0. The standard InChI is InChI=1S/C5H13NO3S/c1-3-6-4-5-10(7,8)9-2/h6H,3-5H2,1-2H3. The molecule has 0 aliphatic heterocycles. The summed E-state index contributed by atoms with van der Waals surface area (Å²) in [6.07, 6.45) is 0. The summed E-state index contributed by atoms with van der Waals surface area (Å²) in [5.74, 6) is 0.0390. The molecule has 0 aromatic carbocycles. The van der Waals surface area contributed by atoms with Gasteiger partial charge >= 0.3 is 0 Å². The van der Waals surface area contributed by atoms with Crippen molar-refractivity contribution in [2.24, 2.45) is 0 Å². The summed E-state index contributed by atoms with van der Waals surface area (Å²) in [4.78, 5) is 0. The predicted octanol–water partition coefficient (Wildman–Crippen LogP) is -0.428. The first-order valence-corrected chi connectivity index (χ1v) is 4.69. The van der Waals surface area contributed by atoms with Crippen LogP contribution in [0.1, 0.15) is 6.92 Å². The van der Waals surface area contributed by atoms with Crippen LogP contribution in [0.2, 0.25) is 0 Å². The maximum absolute atomic E-state index is 10.6. The minimum absolute atomic E-state index is 0.0390. The molecule has 1 N–H and O–H groups in total. The van der Waals surface area contributed by atoms with E-state index in [1.807, 2.05) is 6.92 Å². The second-order valence-electron chi connectivity index (χ2n) is 1.78. The summed E-state index contributed by atoms with van der Waals surface area (Å²) < 4.78 is 25.4. The minimum atomic E-state index is -3.25. The molecule has 0 spiro atoms. The predicted molar refractivity (Wildman–Crippen MR) is 39.3 cm³/mol. The Kier molecular flexibility index (Phi) is 4.59.